The molecule has 3 N–H and O–H groups in total. The van der Waals surface area contributed by atoms with Crippen molar-refractivity contribution in [3.8, 4) is 0 Å². The first-order valence-corrected chi connectivity index (χ1v) is 6.85. The number of rotatable bonds is 3. The Balaban J connectivity index is 1.55. The van der Waals surface area contributed by atoms with Crippen LogP contribution in [0, 0.1) is 0 Å². The molecule has 1 aliphatic heterocycles. The van der Waals surface area contributed by atoms with Crippen molar-refractivity contribution in [2.24, 2.45) is 5.73 Å². The number of nitrogens with two attached hydrogens (primary N) is 1. The van der Waals surface area contributed by atoms with Crippen molar-refractivity contribution in [3.63, 3.8) is 0 Å². The average Bonchev–Trinajstić information content (AvgIpc) is 2.38. The van der Waals surface area contributed by atoms with E-state index in [1.54, 1.807) is 0 Å². The molecule has 98 valence electrons. The van der Waals surface area contributed by atoms with E-state index in [0.717, 1.165) is 31.9 Å². The number of hydrogen-bond donors (Lipinski definition) is 2. The number of piperidine rings is 1. The van der Waals surface area contributed by atoms with E-state index in [1.807, 2.05) is 18.5 Å². The molecule has 0 spiro atoms. The van der Waals surface area contributed by atoms with Crippen LogP contribution >= 0.6 is 0 Å². The lowest BCUT2D eigenvalue weighted by atomic mass is 9.86. The Morgan fingerprint density at radius 1 is 1.22 bits per heavy atom. The van der Waals surface area contributed by atoms with E-state index in [-0.39, 0.29) is 0 Å². The van der Waals surface area contributed by atoms with E-state index in [2.05, 4.69) is 20.2 Å². The fourth-order valence-corrected chi connectivity index (χ4v) is 2.88. The van der Waals surface area contributed by atoms with Crippen LogP contribution in [0.1, 0.15) is 25.7 Å². The highest BCUT2D eigenvalue weighted by Crippen LogP contribution is 2.21. The van der Waals surface area contributed by atoms with E-state index in [0.29, 0.717) is 18.1 Å². The van der Waals surface area contributed by atoms with Crippen molar-refractivity contribution >= 4 is 5.95 Å². The van der Waals surface area contributed by atoms with Crippen LogP contribution < -0.4 is 16.0 Å². The maximum atomic E-state index is 5.82. The lowest BCUT2D eigenvalue weighted by Gasteiger charge is -2.40. The van der Waals surface area contributed by atoms with Gasteiger partial charge in [0.1, 0.15) is 0 Å². The molecule has 0 radical (unpaired) electrons. The van der Waals surface area contributed by atoms with Crippen LogP contribution in [0.5, 0.6) is 0 Å². The van der Waals surface area contributed by atoms with Crippen LogP contribution in [0.2, 0.25) is 0 Å². The highest BCUT2D eigenvalue weighted by molar-refractivity contribution is 5.29. The van der Waals surface area contributed by atoms with E-state index in [1.165, 1.54) is 12.8 Å². The summed E-state index contributed by atoms with van der Waals surface area (Å²) in [5.74, 6) is 0.856. The maximum absolute atomic E-state index is 5.82. The standard InChI is InChI=1S/C13H21N5/c14-10-7-12(8-10)17-11-3-1-6-18(9-11)13-15-4-2-5-16-13/h2,4-5,10-12,17H,1,3,6-9,14H2. The van der Waals surface area contributed by atoms with E-state index in [9.17, 15) is 0 Å². The van der Waals surface area contributed by atoms with Crippen LogP contribution in [0.4, 0.5) is 5.95 Å². The zero-order chi connectivity index (χ0) is 12.4. The molecular formula is C13H21N5. The zero-order valence-corrected chi connectivity index (χ0v) is 10.6. The van der Waals surface area contributed by atoms with Gasteiger partial charge in [-0.25, -0.2) is 9.97 Å². The smallest absolute Gasteiger partial charge is 0.225 e. The summed E-state index contributed by atoms with van der Waals surface area (Å²) in [6, 6.07) is 3.46. The van der Waals surface area contributed by atoms with Gasteiger partial charge in [-0.2, -0.15) is 0 Å². The first kappa shape index (κ1) is 11.9. The molecule has 1 unspecified atom stereocenters. The molecule has 0 aromatic carbocycles. The molecule has 1 saturated heterocycles. The summed E-state index contributed by atoms with van der Waals surface area (Å²) in [5.41, 5.74) is 5.82. The van der Waals surface area contributed by atoms with Crippen molar-refractivity contribution in [2.45, 2.75) is 43.8 Å². The second kappa shape index (κ2) is 5.20. The van der Waals surface area contributed by atoms with Crippen LogP contribution in [0.3, 0.4) is 0 Å². The zero-order valence-electron chi connectivity index (χ0n) is 10.6. The molecule has 1 saturated carbocycles. The highest BCUT2D eigenvalue weighted by Gasteiger charge is 2.30. The topological polar surface area (TPSA) is 67.1 Å². The summed E-state index contributed by atoms with van der Waals surface area (Å²) in [6.45, 7) is 2.07. The van der Waals surface area contributed by atoms with Crippen LogP contribution in [-0.2, 0) is 0 Å². The molecule has 5 heteroatoms. The molecule has 18 heavy (non-hydrogen) atoms. The Kier molecular flexibility index (Phi) is 3.43. The van der Waals surface area contributed by atoms with E-state index in [4.69, 9.17) is 5.73 Å². The van der Waals surface area contributed by atoms with Gasteiger partial charge in [-0.3, -0.25) is 0 Å². The molecule has 2 aliphatic rings. The molecule has 1 atom stereocenters. The number of nitrogens with zero attached hydrogens (tertiary/aromatic N) is 3. The molecule has 1 aromatic rings. The largest absolute Gasteiger partial charge is 0.339 e. The van der Waals surface area contributed by atoms with Crippen molar-refractivity contribution in [2.75, 3.05) is 18.0 Å². The van der Waals surface area contributed by atoms with Gasteiger partial charge >= 0.3 is 0 Å². The minimum atomic E-state index is 0.416. The third kappa shape index (κ3) is 2.62. The normalized spacial score (nSPS) is 32.1. The SMILES string of the molecule is NC1CC(NC2CCCN(c3ncccn3)C2)C1. The van der Waals surface area contributed by atoms with Gasteiger partial charge in [0.2, 0.25) is 5.95 Å². The summed E-state index contributed by atoms with van der Waals surface area (Å²) in [7, 11) is 0. The molecule has 0 amide bonds. The Hall–Kier alpha value is -1.20. The summed E-state index contributed by atoms with van der Waals surface area (Å²) in [6.07, 6.45) is 8.31. The van der Waals surface area contributed by atoms with Crippen LogP contribution in [-0.4, -0.2) is 41.2 Å². The lowest BCUT2D eigenvalue weighted by molar-refractivity contribution is 0.252. The monoisotopic (exact) mass is 247 g/mol. The van der Waals surface area contributed by atoms with Crippen molar-refractivity contribution in [3.05, 3.63) is 18.5 Å². The second-order valence-electron chi connectivity index (χ2n) is 5.43. The van der Waals surface area contributed by atoms with E-state index >= 15 is 0 Å². The average molecular weight is 247 g/mol. The Morgan fingerprint density at radius 2 is 2.00 bits per heavy atom. The van der Waals surface area contributed by atoms with Gasteiger partial charge in [-0.1, -0.05) is 0 Å². The maximum Gasteiger partial charge on any atom is 0.225 e. The number of anilines is 1. The summed E-state index contributed by atoms with van der Waals surface area (Å²) < 4.78 is 0. The minimum Gasteiger partial charge on any atom is -0.339 e. The Bertz CT molecular complexity index is 376. The number of nitrogens with one attached hydrogen (secondary N) is 1. The van der Waals surface area contributed by atoms with Gasteiger partial charge in [0.25, 0.3) is 0 Å². The number of aromatic nitrogens is 2. The van der Waals surface area contributed by atoms with Gasteiger partial charge in [-0.15, -0.1) is 0 Å². The van der Waals surface area contributed by atoms with Gasteiger partial charge in [0, 0.05) is 43.6 Å². The minimum absolute atomic E-state index is 0.416. The molecule has 1 aromatic heterocycles. The summed E-state index contributed by atoms with van der Waals surface area (Å²) >= 11 is 0. The van der Waals surface area contributed by atoms with Crippen molar-refractivity contribution in [1.29, 1.82) is 0 Å². The third-order valence-electron chi connectivity index (χ3n) is 3.90. The molecule has 3 rings (SSSR count). The van der Waals surface area contributed by atoms with Crippen LogP contribution in [0.15, 0.2) is 18.5 Å². The fourth-order valence-electron chi connectivity index (χ4n) is 2.88. The van der Waals surface area contributed by atoms with E-state index < -0.39 is 0 Å². The molecule has 5 nitrogen and oxygen atoms in total. The Labute approximate surface area is 108 Å². The quantitative estimate of drug-likeness (QED) is 0.815. The highest BCUT2D eigenvalue weighted by atomic mass is 15.3. The fraction of sp³-hybridized carbons (Fsp3) is 0.692. The molecule has 0 bridgehead atoms. The van der Waals surface area contributed by atoms with Gasteiger partial charge in [0.05, 0.1) is 0 Å². The molecular weight excluding hydrogens is 226 g/mol. The molecule has 2 heterocycles. The van der Waals surface area contributed by atoms with Crippen LogP contribution in [0.25, 0.3) is 0 Å². The Morgan fingerprint density at radius 3 is 2.72 bits per heavy atom. The summed E-state index contributed by atoms with van der Waals surface area (Å²) in [5, 5.41) is 3.71. The first-order chi connectivity index (χ1) is 8.81. The predicted octanol–water partition coefficient (Wildman–Crippen LogP) is 0.525. The van der Waals surface area contributed by atoms with Gasteiger partial charge < -0.3 is 16.0 Å². The van der Waals surface area contributed by atoms with Gasteiger partial charge in [-0.05, 0) is 31.7 Å². The first-order valence-electron chi connectivity index (χ1n) is 6.85. The lowest BCUT2D eigenvalue weighted by Crippen LogP contribution is -2.55. The molecule has 2 fully saturated rings. The van der Waals surface area contributed by atoms with Crippen molar-refractivity contribution < 1.29 is 0 Å². The predicted molar refractivity (Wildman–Crippen MR) is 71.4 cm³/mol. The van der Waals surface area contributed by atoms with Gasteiger partial charge in [0.15, 0.2) is 0 Å². The molecule has 1 aliphatic carbocycles. The summed E-state index contributed by atoms with van der Waals surface area (Å²) in [4.78, 5) is 10.9. The van der Waals surface area contributed by atoms with Crippen molar-refractivity contribution in [1.82, 2.24) is 15.3 Å². The third-order valence-corrected chi connectivity index (χ3v) is 3.90. The second-order valence-corrected chi connectivity index (χ2v) is 5.43. The number of hydrogen-bond acceptors (Lipinski definition) is 5.